The van der Waals surface area contributed by atoms with Gasteiger partial charge in [0.05, 0.1) is 43.1 Å². The Bertz CT molecular complexity index is 2000. The quantitative estimate of drug-likeness (QED) is 0.110. The van der Waals surface area contributed by atoms with E-state index < -0.39 is 41.2 Å². The second-order valence-corrected chi connectivity index (χ2v) is 14.4. The number of benzene rings is 2. The average molecular weight is 770 g/mol. The minimum Gasteiger partial charge on any atom is -0.481 e. The molecule has 2 aromatic carbocycles. The third kappa shape index (κ3) is 8.44. The molecule has 2 atom stereocenters. The molecule has 0 aliphatic heterocycles. The van der Waals surface area contributed by atoms with Gasteiger partial charge >= 0.3 is 12.1 Å². The van der Waals surface area contributed by atoms with Gasteiger partial charge in [-0.25, -0.2) is 4.98 Å². The molecule has 0 spiro atoms. The fourth-order valence-corrected chi connectivity index (χ4v) is 7.70. The highest BCUT2D eigenvalue weighted by Gasteiger charge is 2.39. The molecular formula is C40H43ClF3N3O7. The van der Waals surface area contributed by atoms with Gasteiger partial charge in [0.2, 0.25) is 17.6 Å². The van der Waals surface area contributed by atoms with Gasteiger partial charge in [0.25, 0.3) is 0 Å². The summed E-state index contributed by atoms with van der Waals surface area (Å²) in [4.78, 5) is 20.5. The van der Waals surface area contributed by atoms with E-state index in [4.69, 9.17) is 35.5 Å². The number of methoxy groups -OCH3 is 3. The summed E-state index contributed by atoms with van der Waals surface area (Å²) < 4.78 is 65.4. The number of aromatic nitrogens is 2. The van der Waals surface area contributed by atoms with Gasteiger partial charge in [0.1, 0.15) is 11.7 Å². The first-order valence-electron chi connectivity index (χ1n) is 17.7. The third-order valence-electron chi connectivity index (χ3n) is 10.1. The minimum atomic E-state index is -4.80. The van der Waals surface area contributed by atoms with Crippen molar-refractivity contribution in [1.82, 2.24) is 15.3 Å². The molecule has 288 valence electrons. The van der Waals surface area contributed by atoms with E-state index in [1.54, 1.807) is 7.11 Å². The van der Waals surface area contributed by atoms with Crippen molar-refractivity contribution in [2.45, 2.75) is 75.9 Å². The summed E-state index contributed by atoms with van der Waals surface area (Å²) >= 11 is 7.10. The van der Waals surface area contributed by atoms with E-state index in [0.29, 0.717) is 54.4 Å². The SMILES string of the molecule is COC[C@H](CCc1cc(C(F)(F)F)c(O[C@H]2CCc3c(-c4cccc(-c5ccc(CNC6CC(C)(O)C6)c(OC)n5)c4Cl)cccc32)nc1OC)C(=O)O. The Kier molecular flexibility index (Phi) is 11.7. The van der Waals surface area contributed by atoms with E-state index in [1.807, 2.05) is 55.5 Å². The maximum absolute atomic E-state index is 14.5. The number of aliphatic hydroxyl groups is 1. The number of ether oxygens (including phenoxy) is 4. The van der Waals surface area contributed by atoms with Crippen LogP contribution in [-0.4, -0.2) is 65.7 Å². The monoisotopic (exact) mass is 769 g/mol. The van der Waals surface area contributed by atoms with Crippen LogP contribution in [0.15, 0.2) is 54.6 Å². The number of carboxylic acids is 1. The molecule has 1 fully saturated rings. The number of aryl methyl sites for hydroxylation is 1. The fourth-order valence-electron chi connectivity index (χ4n) is 7.37. The molecule has 2 aliphatic carbocycles. The predicted molar refractivity (Wildman–Crippen MR) is 196 cm³/mol. The lowest BCUT2D eigenvalue weighted by molar-refractivity contribution is -0.144. The predicted octanol–water partition coefficient (Wildman–Crippen LogP) is 7.85. The van der Waals surface area contributed by atoms with Crippen molar-refractivity contribution in [3.05, 3.63) is 87.4 Å². The van der Waals surface area contributed by atoms with Gasteiger partial charge in [0, 0.05) is 42.0 Å². The molecule has 6 rings (SSSR count). The van der Waals surface area contributed by atoms with E-state index in [2.05, 4.69) is 10.3 Å². The molecule has 14 heteroatoms. The van der Waals surface area contributed by atoms with Gasteiger partial charge in [-0.05, 0) is 74.3 Å². The number of hydrogen-bond acceptors (Lipinski definition) is 9. The molecule has 2 heterocycles. The molecule has 2 aromatic heterocycles. The molecule has 3 N–H and O–H groups in total. The van der Waals surface area contributed by atoms with E-state index in [1.165, 1.54) is 14.2 Å². The summed E-state index contributed by atoms with van der Waals surface area (Å²) in [7, 11) is 4.22. The lowest BCUT2D eigenvalue weighted by Gasteiger charge is -2.41. The highest BCUT2D eigenvalue weighted by atomic mass is 35.5. The third-order valence-corrected chi connectivity index (χ3v) is 10.5. The zero-order valence-electron chi connectivity index (χ0n) is 30.4. The largest absolute Gasteiger partial charge is 0.481 e. The molecule has 0 radical (unpaired) electrons. The van der Waals surface area contributed by atoms with Crippen LogP contribution in [0.2, 0.25) is 5.02 Å². The molecule has 54 heavy (non-hydrogen) atoms. The van der Waals surface area contributed by atoms with Crippen molar-refractivity contribution in [1.29, 1.82) is 0 Å². The van der Waals surface area contributed by atoms with Gasteiger partial charge in [-0.1, -0.05) is 54.1 Å². The summed E-state index contributed by atoms with van der Waals surface area (Å²) in [5, 5.41) is 23.4. The Morgan fingerprint density at radius 1 is 0.981 bits per heavy atom. The van der Waals surface area contributed by atoms with Crippen molar-refractivity contribution < 1.29 is 47.1 Å². The first-order valence-corrected chi connectivity index (χ1v) is 18.0. The summed E-state index contributed by atoms with van der Waals surface area (Å²) in [6.07, 6.45) is -3.25. The first kappa shape index (κ1) is 39.3. The van der Waals surface area contributed by atoms with Crippen LogP contribution in [0.25, 0.3) is 22.4 Å². The number of carbonyl (C=O) groups is 1. The van der Waals surface area contributed by atoms with Gasteiger partial charge in [-0.3, -0.25) is 4.79 Å². The molecular weight excluding hydrogens is 727 g/mol. The number of nitrogens with zero attached hydrogens (tertiary/aromatic N) is 2. The van der Waals surface area contributed by atoms with Crippen LogP contribution in [0.5, 0.6) is 17.6 Å². The van der Waals surface area contributed by atoms with Crippen LogP contribution < -0.4 is 19.5 Å². The zero-order chi connectivity index (χ0) is 38.8. The van der Waals surface area contributed by atoms with E-state index in [-0.39, 0.29) is 36.9 Å². The molecule has 0 unspecified atom stereocenters. The Labute approximate surface area is 316 Å². The molecule has 0 bridgehead atoms. The number of fused-ring (bicyclic) bond motifs is 1. The van der Waals surface area contributed by atoms with Gasteiger partial charge in [-0.15, -0.1) is 0 Å². The number of hydrogen-bond donors (Lipinski definition) is 3. The lowest BCUT2D eigenvalue weighted by atomic mass is 9.77. The topological polar surface area (TPSA) is 132 Å². The second-order valence-electron chi connectivity index (χ2n) is 14.1. The number of alkyl halides is 3. The van der Waals surface area contributed by atoms with Crippen molar-refractivity contribution in [2.24, 2.45) is 5.92 Å². The van der Waals surface area contributed by atoms with Crippen molar-refractivity contribution in [2.75, 3.05) is 27.9 Å². The number of aliphatic carboxylic acids is 1. The minimum absolute atomic E-state index is 0.0234. The van der Waals surface area contributed by atoms with Crippen molar-refractivity contribution in [3.63, 3.8) is 0 Å². The summed E-state index contributed by atoms with van der Waals surface area (Å²) in [5.74, 6) is -2.25. The Balaban J connectivity index is 1.26. The maximum atomic E-state index is 14.5. The van der Waals surface area contributed by atoms with E-state index >= 15 is 0 Å². The molecule has 0 amide bonds. The van der Waals surface area contributed by atoms with Gasteiger partial charge in [-0.2, -0.15) is 18.2 Å². The maximum Gasteiger partial charge on any atom is 0.421 e. The summed E-state index contributed by atoms with van der Waals surface area (Å²) in [6, 6.07) is 16.2. The molecule has 0 saturated heterocycles. The van der Waals surface area contributed by atoms with Crippen molar-refractivity contribution in [3.8, 4) is 40.0 Å². The van der Waals surface area contributed by atoms with Gasteiger partial charge in [0.15, 0.2) is 0 Å². The Morgan fingerprint density at radius 3 is 2.33 bits per heavy atom. The molecule has 1 saturated carbocycles. The van der Waals surface area contributed by atoms with Crippen LogP contribution in [-0.2, 0) is 35.1 Å². The lowest BCUT2D eigenvalue weighted by Crippen LogP contribution is -2.51. The first-order chi connectivity index (χ1) is 25.7. The normalized spacial score (nSPS) is 19.9. The van der Waals surface area contributed by atoms with E-state index in [0.717, 1.165) is 33.9 Å². The molecule has 4 aromatic rings. The number of carboxylic acid groups (broad SMARTS) is 1. The zero-order valence-corrected chi connectivity index (χ0v) is 31.2. The van der Waals surface area contributed by atoms with E-state index in [9.17, 15) is 28.2 Å². The number of halogens is 4. The average Bonchev–Trinajstić information content (AvgIpc) is 3.54. The van der Waals surface area contributed by atoms with Crippen LogP contribution >= 0.6 is 11.6 Å². The number of pyridine rings is 2. The highest BCUT2D eigenvalue weighted by molar-refractivity contribution is 6.36. The Morgan fingerprint density at radius 2 is 1.67 bits per heavy atom. The van der Waals surface area contributed by atoms with Crippen LogP contribution in [0.3, 0.4) is 0 Å². The fraction of sp³-hybridized carbons (Fsp3) is 0.425. The number of nitrogens with one attached hydrogen (secondary N) is 1. The Hall–Kier alpha value is -4.43. The summed E-state index contributed by atoms with van der Waals surface area (Å²) in [5.41, 5.74) is 3.78. The summed E-state index contributed by atoms with van der Waals surface area (Å²) in [6.45, 7) is 2.28. The van der Waals surface area contributed by atoms with Crippen LogP contribution in [0.4, 0.5) is 13.2 Å². The van der Waals surface area contributed by atoms with Crippen LogP contribution in [0, 0.1) is 5.92 Å². The van der Waals surface area contributed by atoms with Gasteiger partial charge < -0.3 is 34.5 Å². The van der Waals surface area contributed by atoms with Crippen molar-refractivity contribution >= 4 is 17.6 Å². The molecule has 10 nitrogen and oxygen atoms in total. The van der Waals surface area contributed by atoms with Crippen LogP contribution in [0.1, 0.15) is 66.5 Å². The second kappa shape index (κ2) is 16.1. The standard InChI is InChI=1S/C40H43ClF3N3O7/c1-39(50)18-25(19-39)45-20-23-13-15-32(46-36(23)53-4)30-10-6-9-29(34(30)41)26-7-5-8-28-27(26)14-16-33(28)54-37-31(40(42,43)44)17-22(35(47-37)52-3)11-12-24(21-51-2)38(48)49/h5-10,13,15,17,24-25,33,45,50H,11-12,14,16,18-21H2,1-4H3,(H,48,49)/t24-,25?,33-,39?/m0/s1. The number of rotatable bonds is 15. The highest BCUT2D eigenvalue weighted by Crippen LogP contribution is 2.46. The molecule has 2 aliphatic rings. The smallest absolute Gasteiger partial charge is 0.421 e.